The molecule has 0 radical (unpaired) electrons. The summed E-state index contributed by atoms with van der Waals surface area (Å²) < 4.78 is 2.29. The highest BCUT2D eigenvalue weighted by Gasteiger charge is 2.25. The fourth-order valence-electron chi connectivity index (χ4n) is 3.73. The number of aryl methyl sites for hydroxylation is 1. The number of hydrogen-bond acceptors (Lipinski definition) is 4. The first-order valence-corrected chi connectivity index (χ1v) is 10.6. The molecule has 146 valence electrons. The fraction of sp³-hybridized carbons (Fsp3) is 0.381. The Kier molecular flexibility index (Phi) is 5.17. The van der Waals surface area contributed by atoms with Gasteiger partial charge in [0.15, 0.2) is 0 Å². The maximum atomic E-state index is 12.9. The summed E-state index contributed by atoms with van der Waals surface area (Å²) in [6.07, 6.45) is 1.03. The van der Waals surface area contributed by atoms with Gasteiger partial charge in [-0.1, -0.05) is 25.1 Å². The van der Waals surface area contributed by atoms with Crippen LogP contribution in [0.2, 0.25) is 0 Å². The van der Waals surface area contributed by atoms with Crippen molar-refractivity contribution in [3.05, 3.63) is 41.4 Å². The van der Waals surface area contributed by atoms with Crippen LogP contribution in [0.3, 0.4) is 0 Å². The molecule has 1 fully saturated rings. The first-order chi connectivity index (χ1) is 13.6. The van der Waals surface area contributed by atoms with Crippen molar-refractivity contribution in [2.75, 3.05) is 26.2 Å². The van der Waals surface area contributed by atoms with Gasteiger partial charge in [-0.3, -0.25) is 9.59 Å². The number of carbonyl (C=O) groups is 2. The average Bonchev–Trinajstić information content (AvgIpc) is 3.33. The summed E-state index contributed by atoms with van der Waals surface area (Å²) in [6, 6.07) is 10.5. The van der Waals surface area contributed by atoms with E-state index in [2.05, 4.69) is 40.7 Å². The van der Waals surface area contributed by atoms with Crippen molar-refractivity contribution in [2.45, 2.75) is 26.8 Å². The van der Waals surface area contributed by atoms with Crippen LogP contribution in [0.5, 0.6) is 0 Å². The fourth-order valence-corrected chi connectivity index (χ4v) is 4.55. The molecule has 0 aliphatic carbocycles. The van der Waals surface area contributed by atoms with Crippen LogP contribution in [-0.4, -0.2) is 57.3 Å². The van der Waals surface area contributed by atoms with Gasteiger partial charge in [-0.15, -0.1) is 11.3 Å². The molecule has 7 heteroatoms. The second-order valence-corrected chi connectivity index (χ2v) is 7.93. The number of fused-ring (bicyclic) bond motifs is 1. The normalized spacial score (nSPS) is 14.6. The largest absolute Gasteiger partial charge is 0.339 e. The molecule has 2 amide bonds. The van der Waals surface area contributed by atoms with Gasteiger partial charge in [-0.25, -0.2) is 4.98 Å². The standard InChI is InChI=1S/C21H24N4O2S/c1-3-8-25-18-7-5-4-6-16(18)13-19(25)20-22-17(14-28-20)21(27)24-11-9-23(10-12-24)15(2)26/h4-7,13-14H,3,8-12H2,1-2H3. The number of nitrogens with zero attached hydrogens (tertiary/aromatic N) is 4. The van der Waals surface area contributed by atoms with E-state index in [1.54, 1.807) is 16.7 Å². The second kappa shape index (κ2) is 7.75. The Morgan fingerprint density at radius 2 is 1.82 bits per heavy atom. The van der Waals surface area contributed by atoms with Crippen molar-refractivity contribution in [3.63, 3.8) is 0 Å². The Labute approximate surface area is 168 Å². The highest BCUT2D eigenvalue weighted by molar-refractivity contribution is 7.13. The van der Waals surface area contributed by atoms with Gasteiger partial charge in [0.05, 0.1) is 5.69 Å². The monoisotopic (exact) mass is 396 g/mol. The van der Waals surface area contributed by atoms with Crippen LogP contribution in [-0.2, 0) is 11.3 Å². The molecular formula is C21H24N4O2S. The summed E-state index contributed by atoms with van der Waals surface area (Å²) in [4.78, 5) is 32.6. The molecule has 6 nitrogen and oxygen atoms in total. The van der Waals surface area contributed by atoms with Gasteiger partial charge in [0.1, 0.15) is 10.7 Å². The lowest BCUT2D eigenvalue weighted by Gasteiger charge is -2.33. The van der Waals surface area contributed by atoms with Crippen LogP contribution in [0.25, 0.3) is 21.6 Å². The molecule has 1 aromatic carbocycles. The van der Waals surface area contributed by atoms with Crippen LogP contribution in [0, 0.1) is 0 Å². The van der Waals surface area contributed by atoms with E-state index in [1.807, 2.05) is 11.4 Å². The third kappa shape index (κ3) is 3.42. The zero-order valence-corrected chi connectivity index (χ0v) is 17.0. The van der Waals surface area contributed by atoms with Crippen LogP contribution >= 0.6 is 11.3 Å². The maximum Gasteiger partial charge on any atom is 0.273 e. The number of piperazine rings is 1. The third-order valence-electron chi connectivity index (χ3n) is 5.21. The Bertz CT molecular complexity index is 1010. The van der Waals surface area contributed by atoms with Crippen molar-refractivity contribution < 1.29 is 9.59 Å². The molecule has 28 heavy (non-hydrogen) atoms. The van der Waals surface area contributed by atoms with E-state index in [0.29, 0.717) is 31.9 Å². The molecule has 0 unspecified atom stereocenters. The predicted molar refractivity (Wildman–Crippen MR) is 111 cm³/mol. The SMILES string of the molecule is CCCn1c(-c2nc(C(=O)N3CCN(C(C)=O)CC3)cs2)cc2ccccc21. The van der Waals surface area contributed by atoms with Gasteiger partial charge in [-0.2, -0.15) is 0 Å². The predicted octanol–water partition coefficient (Wildman–Crippen LogP) is 3.48. The van der Waals surface area contributed by atoms with Crippen molar-refractivity contribution >= 4 is 34.1 Å². The van der Waals surface area contributed by atoms with Gasteiger partial charge in [0.25, 0.3) is 5.91 Å². The van der Waals surface area contributed by atoms with E-state index in [4.69, 9.17) is 0 Å². The third-order valence-corrected chi connectivity index (χ3v) is 6.08. The number of hydrogen-bond donors (Lipinski definition) is 0. The number of para-hydroxylation sites is 1. The van der Waals surface area contributed by atoms with Crippen LogP contribution in [0.15, 0.2) is 35.7 Å². The van der Waals surface area contributed by atoms with Gasteiger partial charge in [0, 0.05) is 55.9 Å². The van der Waals surface area contributed by atoms with Crippen molar-refractivity contribution in [3.8, 4) is 10.7 Å². The lowest BCUT2D eigenvalue weighted by Crippen LogP contribution is -2.50. The highest BCUT2D eigenvalue weighted by atomic mass is 32.1. The first kappa shape index (κ1) is 18.7. The number of thiazole rings is 1. The van der Waals surface area contributed by atoms with Gasteiger partial charge in [-0.05, 0) is 18.6 Å². The van der Waals surface area contributed by atoms with E-state index in [-0.39, 0.29) is 11.8 Å². The van der Waals surface area contributed by atoms with Crippen LogP contribution < -0.4 is 0 Å². The summed E-state index contributed by atoms with van der Waals surface area (Å²) in [7, 11) is 0. The minimum atomic E-state index is -0.0520. The molecule has 3 aromatic rings. The first-order valence-electron chi connectivity index (χ1n) is 9.67. The Hall–Kier alpha value is -2.67. The van der Waals surface area contributed by atoms with E-state index in [9.17, 15) is 9.59 Å². The number of amides is 2. The topological polar surface area (TPSA) is 58.4 Å². The van der Waals surface area contributed by atoms with Crippen molar-refractivity contribution in [1.82, 2.24) is 19.4 Å². The molecule has 1 saturated heterocycles. The summed E-state index contributed by atoms with van der Waals surface area (Å²) in [6.45, 7) is 6.93. The number of carbonyl (C=O) groups excluding carboxylic acids is 2. The zero-order chi connectivity index (χ0) is 19.7. The summed E-state index contributed by atoms with van der Waals surface area (Å²) in [5.74, 6) is 0.00986. The van der Waals surface area contributed by atoms with E-state index in [0.717, 1.165) is 23.7 Å². The number of aromatic nitrogens is 2. The molecule has 0 bridgehead atoms. The Morgan fingerprint density at radius 1 is 1.11 bits per heavy atom. The lowest BCUT2D eigenvalue weighted by molar-refractivity contribution is -0.130. The molecule has 0 spiro atoms. The summed E-state index contributed by atoms with van der Waals surface area (Å²) in [5.41, 5.74) is 2.75. The average molecular weight is 397 g/mol. The molecule has 0 atom stereocenters. The maximum absolute atomic E-state index is 12.9. The molecule has 2 aromatic heterocycles. The minimum absolute atomic E-state index is 0.0520. The summed E-state index contributed by atoms with van der Waals surface area (Å²) in [5, 5.41) is 3.91. The molecular weight excluding hydrogens is 372 g/mol. The highest BCUT2D eigenvalue weighted by Crippen LogP contribution is 2.31. The molecule has 1 aliphatic heterocycles. The second-order valence-electron chi connectivity index (χ2n) is 7.08. The summed E-state index contributed by atoms with van der Waals surface area (Å²) >= 11 is 1.51. The van der Waals surface area contributed by atoms with Crippen molar-refractivity contribution in [1.29, 1.82) is 0 Å². The van der Waals surface area contributed by atoms with E-state index in [1.165, 1.54) is 22.2 Å². The smallest absolute Gasteiger partial charge is 0.273 e. The zero-order valence-electron chi connectivity index (χ0n) is 16.2. The van der Waals surface area contributed by atoms with Crippen LogP contribution in [0.4, 0.5) is 0 Å². The van der Waals surface area contributed by atoms with Gasteiger partial charge >= 0.3 is 0 Å². The molecule has 3 heterocycles. The van der Waals surface area contributed by atoms with Gasteiger partial charge < -0.3 is 14.4 Å². The van der Waals surface area contributed by atoms with Gasteiger partial charge in [0.2, 0.25) is 5.91 Å². The molecule has 0 N–H and O–H groups in total. The Balaban J connectivity index is 1.58. The van der Waals surface area contributed by atoms with Crippen LogP contribution in [0.1, 0.15) is 30.8 Å². The molecule has 4 rings (SSSR count). The number of rotatable bonds is 4. The molecule has 0 saturated carbocycles. The van der Waals surface area contributed by atoms with E-state index < -0.39 is 0 Å². The van der Waals surface area contributed by atoms with E-state index >= 15 is 0 Å². The minimum Gasteiger partial charge on any atom is -0.339 e. The Morgan fingerprint density at radius 3 is 2.54 bits per heavy atom. The quantitative estimate of drug-likeness (QED) is 0.678. The molecule has 1 aliphatic rings. The number of benzene rings is 1. The van der Waals surface area contributed by atoms with Crippen molar-refractivity contribution in [2.24, 2.45) is 0 Å². The lowest BCUT2D eigenvalue weighted by atomic mass is 10.2.